The lowest BCUT2D eigenvalue weighted by molar-refractivity contribution is -0.149. The van der Waals surface area contributed by atoms with Crippen LogP contribution in [0, 0.1) is 23.0 Å². The quantitative estimate of drug-likeness (QED) is 0.475. The molecule has 0 aromatic heterocycles. The Morgan fingerprint density at radius 1 is 0.907 bits per heavy atom. The predicted molar refractivity (Wildman–Crippen MR) is 163 cm³/mol. The summed E-state index contributed by atoms with van der Waals surface area (Å²) in [7, 11) is 0. The molecule has 2 saturated heterocycles. The second-order valence-corrected chi connectivity index (χ2v) is 15.6. The van der Waals surface area contributed by atoms with Gasteiger partial charge in [0.15, 0.2) is 0 Å². The van der Waals surface area contributed by atoms with Crippen LogP contribution < -0.4 is 5.32 Å². The molecular formula is C33H52F2N4O4. The van der Waals surface area contributed by atoms with Crippen LogP contribution in [0.5, 0.6) is 0 Å². The van der Waals surface area contributed by atoms with Gasteiger partial charge in [-0.15, -0.1) is 0 Å². The Balaban J connectivity index is 1.82. The van der Waals surface area contributed by atoms with Crippen molar-refractivity contribution >= 4 is 17.9 Å². The Morgan fingerprint density at radius 2 is 1.49 bits per heavy atom. The summed E-state index contributed by atoms with van der Waals surface area (Å²) in [6.07, 6.45) is -0.227. The van der Waals surface area contributed by atoms with Gasteiger partial charge in [0.05, 0.1) is 5.92 Å². The second-order valence-electron chi connectivity index (χ2n) is 15.6. The van der Waals surface area contributed by atoms with Crippen molar-refractivity contribution in [2.45, 2.75) is 118 Å². The lowest BCUT2D eigenvalue weighted by atomic mass is 9.86. The molecule has 3 rings (SSSR count). The number of ether oxygens (including phenoxy) is 1. The average Bonchev–Trinajstić information content (AvgIpc) is 3.27. The van der Waals surface area contributed by atoms with Gasteiger partial charge in [0.25, 0.3) is 0 Å². The molecule has 8 nitrogen and oxygen atoms in total. The number of amides is 3. The number of nitrogens with zero attached hydrogens (tertiary/aromatic N) is 3. The van der Waals surface area contributed by atoms with Crippen molar-refractivity contribution in [2.75, 3.05) is 26.2 Å². The van der Waals surface area contributed by atoms with Crippen LogP contribution in [-0.2, 0) is 14.3 Å². The number of benzene rings is 1. The Bertz CT molecular complexity index is 1190. The fourth-order valence-electron chi connectivity index (χ4n) is 6.14. The minimum atomic E-state index is -0.784. The molecule has 1 aromatic carbocycles. The lowest BCUT2D eigenvalue weighted by Crippen LogP contribution is -2.63. The Morgan fingerprint density at radius 3 is 2.02 bits per heavy atom. The first-order chi connectivity index (χ1) is 19.6. The molecule has 10 heteroatoms. The molecule has 0 saturated carbocycles. The Kier molecular flexibility index (Phi) is 10.3. The summed E-state index contributed by atoms with van der Waals surface area (Å²) in [6.45, 7) is 22.9. The van der Waals surface area contributed by atoms with E-state index in [2.05, 4.69) is 31.0 Å². The van der Waals surface area contributed by atoms with E-state index in [0.717, 1.165) is 6.07 Å². The Labute approximate surface area is 256 Å². The van der Waals surface area contributed by atoms with Crippen LogP contribution >= 0.6 is 0 Å². The zero-order chi connectivity index (χ0) is 32.7. The molecule has 0 bridgehead atoms. The molecule has 1 aromatic rings. The number of likely N-dealkylation sites (tertiary alicyclic amines) is 1. The molecule has 0 aliphatic carbocycles. The largest absolute Gasteiger partial charge is 0.444 e. The number of rotatable bonds is 5. The molecular weight excluding hydrogens is 554 g/mol. The van der Waals surface area contributed by atoms with Crippen LogP contribution in [0.3, 0.4) is 0 Å². The summed E-state index contributed by atoms with van der Waals surface area (Å²) in [5, 5.41) is 2.79. The van der Waals surface area contributed by atoms with Crippen LogP contribution in [0.1, 0.15) is 94.1 Å². The van der Waals surface area contributed by atoms with Gasteiger partial charge in [-0.2, -0.15) is 0 Å². The second kappa shape index (κ2) is 12.7. The van der Waals surface area contributed by atoms with Crippen molar-refractivity contribution in [2.24, 2.45) is 11.3 Å². The van der Waals surface area contributed by atoms with Crippen molar-refractivity contribution in [3.63, 3.8) is 0 Å². The summed E-state index contributed by atoms with van der Waals surface area (Å²) in [5.74, 6) is -2.53. The number of carbonyl (C=O) groups excluding carboxylic acids is 3. The van der Waals surface area contributed by atoms with Gasteiger partial charge in [0.1, 0.15) is 23.3 Å². The van der Waals surface area contributed by atoms with E-state index in [1.807, 2.05) is 34.6 Å². The highest BCUT2D eigenvalue weighted by Crippen LogP contribution is 2.39. The monoisotopic (exact) mass is 606 g/mol. The molecule has 2 aliphatic heterocycles. The molecule has 2 fully saturated rings. The SMILES string of the molecule is C[C@@H]1CN(C(=O)[C@@H]2CN(C(C)(C)C)C[C@H]2c2ccc(F)cc2F)[C@@H](C)CN1C(=O)C(CC(C)(C)C)NC(=O)OC(C)(C)C. The summed E-state index contributed by atoms with van der Waals surface area (Å²) in [5.41, 5.74) is -0.838. The molecule has 1 unspecified atom stereocenters. The van der Waals surface area contributed by atoms with Crippen LogP contribution in [0.4, 0.5) is 13.6 Å². The predicted octanol–water partition coefficient (Wildman–Crippen LogP) is 5.56. The average molecular weight is 607 g/mol. The minimum Gasteiger partial charge on any atom is -0.444 e. The van der Waals surface area contributed by atoms with E-state index in [0.29, 0.717) is 38.2 Å². The number of hydrogen-bond acceptors (Lipinski definition) is 5. The molecule has 43 heavy (non-hydrogen) atoms. The fourth-order valence-corrected chi connectivity index (χ4v) is 6.14. The standard InChI is InChI=1S/C33H52F2N4O4/c1-20-17-39(29(41)27(15-31(3,4)5)36-30(42)43-33(9,10)11)21(2)16-38(20)28(40)25-19-37(32(6,7)8)18-24(25)23-13-12-22(34)14-26(23)35/h12-14,20-21,24-25,27H,15-19H2,1-11H3,(H,36,42)/t20-,21+,24-,25+,27?/m0/s1. The van der Waals surface area contributed by atoms with Gasteiger partial charge in [-0.05, 0) is 78.9 Å². The van der Waals surface area contributed by atoms with Crippen molar-refractivity contribution < 1.29 is 27.9 Å². The third-order valence-corrected chi connectivity index (χ3v) is 8.31. The van der Waals surface area contributed by atoms with Gasteiger partial charge >= 0.3 is 6.09 Å². The van der Waals surface area contributed by atoms with Gasteiger partial charge in [0.2, 0.25) is 11.8 Å². The molecule has 3 amide bonds. The topological polar surface area (TPSA) is 82.2 Å². The first-order valence-electron chi connectivity index (χ1n) is 15.4. The first kappa shape index (κ1) is 34.7. The van der Waals surface area contributed by atoms with Crippen molar-refractivity contribution in [3.05, 3.63) is 35.4 Å². The maximum atomic E-state index is 15.0. The van der Waals surface area contributed by atoms with Crippen molar-refractivity contribution in [3.8, 4) is 0 Å². The fraction of sp³-hybridized carbons (Fsp3) is 0.727. The zero-order valence-electron chi connectivity index (χ0n) is 27.9. The zero-order valence-corrected chi connectivity index (χ0v) is 27.9. The number of piperazine rings is 1. The molecule has 2 heterocycles. The maximum absolute atomic E-state index is 15.0. The van der Waals surface area contributed by atoms with Crippen molar-refractivity contribution in [1.82, 2.24) is 20.0 Å². The van der Waals surface area contributed by atoms with Crippen LogP contribution in [0.2, 0.25) is 0 Å². The molecule has 0 spiro atoms. The van der Waals surface area contributed by atoms with Crippen LogP contribution in [0.25, 0.3) is 0 Å². The van der Waals surface area contributed by atoms with Crippen molar-refractivity contribution in [1.29, 1.82) is 0 Å². The van der Waals surface area contributed by atoms with Gasteiger partial charge in [-0.3, -0.25) is 14.5 Å². The normalized spacial score (nSPS) is 24.6. The van der Waals surface area contributed by atoms with E-state index in [1.165, 1.54) is 12.1 Å². The molecule has 5 atom stereocenters. The Hall–Kier alpha value is -2.75. The van der Waals surface area contributed by atoms with Gasteiger partial charge in [-0.25, -0.2) is 13.6 Å². The third-order valence-electron chi connectivity index (χ3n) is 8.31. The smallest absolute Gasteiger partial charge is 0.408 e. The van der Waals surface area contributed by atoms with Gasteiger partial charge in [0, 0.05) is 55.8 Å². The first-order valence-corrected chi connectivity index (χ1v) is 15.4. The molecule has 242 valence electrons. The molecule has 2 aliphatic rings. The highest BCUT2D eigenvalue weighted by Gasteiger charge is 2.47. The summed E-state index contributed by atoms with van der Waals surface area (Å²) in [4.78, 5) is 46.5. The van der Waals surface area contributed by atoms with E-state index >= 15 is 0 Å². The number of nitrogens with one attached hydrogen (secondary N) is 1. The van der Waals surface area contributed by atoms with Crippen LogP contribution in [-0.4, -0.2) is 88.1 Å². The molecule has 0 radical (unpaired) electrons. The highest BCUT2D eigenvalue weighted by atomic mass is 19.1. The van der Waals surface area contributed by atoms with E-state index in [9.17, 15) is 23.2 Å². The highest BCUT2D eigenvalue weighted by molar-refractivity contribution is 5.87. The lowest BCUT2D eigenvalue weighted by Gasteiger charge is -2.46. The van der Waals surface area contributed by atoms with E-state index < -0.39 is 41.2 Å². The van der Waals surface area contributed by atoms with Crippen LogP contribution in [0.15, 0.2) is 18.2 Å². The summed E-state index contributed by atoms with van der Waals surface area (Å²) in [6, 6.07) is 2.19. The number of carbonyl (C=O) groups is 3. The minimum absolute atomic E-state index is 0.0926. The summed E-state index contributed by atoms with van der Waals surface area (Å²) < 4.78 is 34.2. The van der Waals surface area contributed by atoms with Gasteiger partial charge in [-0.1, -0.05) is 26.8 Å². The van der Waals surface area contributed by atoms with E-state index in [-0.39, 0.29) is 34.9 Å². The van der Waals surface area contributed by atoms with Gasteiger partial charge < -0.3 is 19.9 Å². The maximum Gasteiger partial charge on any atom is 0.408 e. The molecule has 1 N–H and O–H groups in total. The number of alkyl carbamates (subject to hydrolysis) is 1. The number of halogens is 2. The number of hydrogen-bond donors (Lipinski definition) is 1. The summed E-state index contributed by atoms with van der Waals surface area (Å²) >= 11 is 0. The van der Waals surface area contributed by atoms with E-state index in [4.69, 9.17) is 4.74 Å². The third kappa shape index (κ3) is 8.89. The van der Waals surface area contributed by atoms with E-state index in [1.54, 1.807) is 30.6 Å².